The van der Waals surface area contributed by atoms with Crippen LogP contribution in [0.4, 0.5) is 0 Å². The molecule has 0 aromatic heterocycles. The van der Waals surface area contributed by atoms with Crippen molar-refractivity contribution in [1.29, 1.82) is 5.26 Å². The van der Waals surface area contributed by atoms with E-state index in [9.17, 15) is 10.1 Å². The van der Waals surface area contributed by atoms with Gasteiger partial charge in [-0.25, -0.2) is 0 Å². The maximum atomic E-state index is 12.0. The van der Waals surface area contributed by atoms with Crippen molar-refractivity contribution in [2.45, 2.75) is 38.5 Å². The Kier molecular flexibility index (Phi) is 5.17. The molecule has 0 spiro atoms. The third kappa shape index (κ3) is 3.84. The van der Waals surface area contributed by atoms with Crippen LogP contribution in [-0.2, 0) is 4.79 Å². The van der Waals surface area contributed by atoms with E-state index < -0.39 is 0 Å². The molecule has 0 N–H and O–H groups in total. The second-order valence-electron chi connectivity index (χ2n) is 5.69. The SMILES string of the molecule is C[C@@H]1CCC(=O)N(CC[C@H](C#N)c2ccccc2)CC1. The van der Waals surface area contributed by atoms with Gasteiger partial charge in [-0.2, -0.15) is 5.26 Å². The van der Waals surface area contributed by atoms with E-state index in [1.807, 2.05) is 35.2 Å². The number of rotatable bonds is 4. The highest BCUT2D eigenvalue weighted by Crippen LogP contribution is 2.22. The maximum Gasteiger partial charge on any atom is 0.222 e. The second-order valence-corrected chi connectivity index (χ2v) is 5.69. The Hall–Kier alpha value is -1.82. The van der Waals surface area contributed by atoms with E-state index in [4.69, 9.17) is 0 Å². The van der Waals surface area contributed by atoms with Gasteiger partial charge in [0.2, 0.25) is 5.91 Å². The van der Waals surface area contributed by atoms with E-state index in [1.165, 1.54) is 0 Å². The molecule has 1 amide bonds. The van der Waals surface area contributed by atoms with Crippen molar-refractivity contribution in [2.24, 2.45) is 5.92 Å². The molecule has 0 bridgehead atoms. The minimum Gasteiger partial charge on any atom is -0.343 e. The molecule has 106 valence electrons. The number of likely N-dealkylation sites (tertiary alicyclic amines) is 1. The minimum absolute atomic E-state index is 0.121. The molecular formula is C17H22N2O. The summed E-state index contributed by atoms with van der Waals surface area (Å²) in [5.74, 6) is 0.758. The Bertz CT molecular complexity index is 478. The molecule has 2 atom stereocenters. The quantitative estimate of drug-likeness (QED) is 0.842. The lowest BCUT2D eigenvalue weighted by Crippen LogP contribution is -2.32. The first-order valence-corrected chi connectivity index (χ1v) is 7.43. The van der Waals surface area contributed by atoms with Crippen LogP contribution in [0.3, 0.4) is 0 Å². The fourth-order valence-electron chi connectivity index (χ4n) is 2.69. The van der Waals surface area contributed by atoms with Crippen molar-refractivity contribution in [3.63, 3.8) is 0 Å². The van der Waals surface area contributed by atoms with E-state index in [0.717, 1.165) is 31.4 Å². The molecule has 0 saturated carbocycles. The molecule has 1 aliphatic heterocycles. The van der Waals surface area contributed by atoms with Gasteiger partial charge in [0.25, 0.3) is 0 Å². The number of benzene rings is 1. The molecule has 1 saturated heterocycles. The lowest BCUT2D eigenvalue weighted by molar-refractivity contribution is -0.130. The fourth-order valence-corrected chi connectivity index (χ4v) is 2.69. The summed E-state index contributed by atoms with van der Waals surface area (Å²) in [5, 5.41) is 9.32. The predicted molar refractivity (Wildman–Crippen MR) is 79.0 cm³/mol. The molecule has 1 aromatic carbocycles. The summed E-state index contributed by atoms with van der Waals surface area (Å²) in [5.41, 5.74) is 1.05. The highest BCUT2D eigenvalue weighted by atomic mass is 16.2. The van der Waals surface area contributed by atoms with Gasteiger partial charge in [0.1, 0.15) is 0 Å². The summed E-state index contributed by atoms with van der Waals surface area (Å²) in [4.78, 5) is 14.0. The number of nitriles is 1. The third-order valence-corrected chi connectivity index (χ3v) is 4.14. The first kappa shape index (κ1) is 14.6. The van der Waals surface area contributed by atoms with Crippen molar-refractivity contribution in [3.05, 3.63) is 35.9 Å². The Morgan fingerprint density at radius 2 is 2.10 bits per heavy atom. The largest absolute Gasteiger partial charge is 0.343 e. The minimum atomic E-state index is -0.121. The molecule has 0 aliphatic carbocycles. The van der Waals surface area contributed by atoms with E-state index in [2.05, 4.69) is 13.0 Å². The fraction of sp³-hybridized carbons (Fsp3) is 0.529. The summed E-state index contributed by atoms with van der Waals surface area (Å²) in [6.07, 6.45) is 3.45. The van der Waals surface area contributed by atoms with Crippen LogP contribution in [0.1, 0.15) is 44.1 Å². The average molecular weight is 270 g/mol. The van der Waals surface area contributed by atoms with Crippen molar-refractivity contribution in [1.82, 2.24) is 4.90 Å². The number of nitrogens with zero attached hydrogens (tertiary/aromatic N) is 2. The smallest absolute Gasteiger partial charge is 0.222 e. The Morgan fingerprint density at radius 3 is 2.80 bits per heavy atom. The van der Waals surface area contributed by atoms with Gasteiger partial charge < -0.3 is 4.90 Å². The zero-order valence-corrected chi connectivity index (χ0v) is 12.1. The summed E-state index contributed by atoms with van der Waals surface area (Å²) in [6.45, 7) is 3.74. The molecule has 1 aliphatic rings. The number of hydrogen-bond donors (Lipinski definition) is 0. The Morgan fingerprint density at radius 1 is 1.35 bits per heavy atom. The Balaban J connectivity index is 1.93. The van der Waals surface area contributed by atoms with E-state index in [-0.39, 0.29) is 11.8 Å². The van der Waals surface area contributed by atoms with Crippen LogP contribution in [0.25, 0.3) is 0 Å². The molecule has 3 heteroatoms. The highest BCUT2D eigenvalue weighted by molar-refractivity contribution is 5.76. The highest BCUT2D eigenvalue weighted by Gasteiger charge is 2.21. The summed E-state index contributed by atoms with van der Waals surface area (Å²) in [7, 11) is 0. The van der Waals surface area contributed by atoms with Crippen LogP contribution in [0.5, 0.6) is 0 Å². The zero-order chi connectivity index (χ0) is 14.4. The number of hydrogen-bond acceptors (Lipinski definition) is 2. The van der Waals surface area contributed by atoms with Gasteiger partial charge in [-0.15, -0.1) is 0 Å². The molecular weight excluding hydrogens is 248 g/mol. The maximum absolute atomic E-state index is 12.0. The first-order chi connectivity index (χ1) is 9.70. The molecule has 3 nitrogen and oxygen atoms in total. The first-order valence-electron chi connectivity index (χ1n) is 7.43. The van der Waals surface area contributed by atoms with Crippen molar-refractivity contribution >= 4 is 5.91 Å². The normalized spacial score (nSPS) is 21.1. The van der Waals surface area contributed by atoms with Crippen LogP contribution in [0.15, 0.2) is 30.3 Å². The van der Waals surface area contributed by atoms with Crippen molar-refractivity contribution in [3.8, 4) is 6.07 Å². The zero-order valence-electron chi connectivity index (χ0n) is 12.1. The van der Waals surface area contributed by atoms with Crippen molar-refractivity contribution in [2.75, 3.05) is 13.1 Å². The molecule has 2 rings (SSSR count). The average Bonchev–Trinajstić information content (AvgIpc) is 2.64. The molecule has 1 fully saturated rings. The van der Waals surface area contributed by atoms with E-state index in [0.29, 0.717) is 18.9 Å². The van der Waals surface area contributed by atoms with Gasteiger partial charge in [0.15, 0.2) is 0 Å². The van der Waals surface area contributed by atoms with E-state index >= 15 is 0 Å². The standard InChI is InChI=1S/C17H22N2O/c1-14-7-8-17(20)19(11-9-14)12-10-16(13-18)15-5-3-2-4-6-15/h2-6,14,16H,7-12H2,1H3/t14-,16-/m1/s1. The number of amides is 1. The van der Waals surface area contributed by atoms with Crippen LogP contribution in [-0.4, -0.2) is 23.9 Å². The van der Waals surface area contributed by atoms with Crippen LogP contribution >= 0.6 is 0 Å². The second kappa shape index (κ2) is 7.09. The summed E-state index contributed by atoms with van der Waals surface area (Å²) in [6, 6.07) is 12.2. The Labute approximate surface area is 121 Å². The van der Waals surface area contributed by atoms with Gasteiger partial charge in [-0.1, -0.05) is 37.3 Å². The van der Waals surface area contributed by atoms with Gasteiger partial charge in [-0.3, -0.25) is 4.79 Å². The third-order valence-electron chi connectivity index (χ3n) is 4.14. The van der Waals surface area contributed by atoms with E-state index in [1.54, 1.807) is 0 Å². The topological polar surface area (TPSA) is 44.1 Å². The van der Waals surface area contributed by atoms with Gasteiger partial charge in [0.05, 0.1) is 12.0 Å². The number of carbonyl (C=O) groups excluding carboxylic acids is 1. The van der Waals surface area contributed by atoms with Crippen LogP contribution in [0.2, 0.25) is 0 Å². The van der Waals surface area contributed by atoms with Crippen LogP contribution < -0.4 is 0 Å². The van der Waals surface area contributed by atoms with Gasteiger partial charge in [-0.05, 0) is 30.7 Å². The molecule has 0 radical (unpaired) electrons. The lowest BCUT2D eigenvalue weighted by Gasteiger charge is -2.22. The summed E-state index contributed by atoms with van der Waals surface area (Å²) < 4.78 is 0. The van der Waals surface area contributed by atoms with Crippen LogP contribution in [0, 0.1) is 17.2 Å². The molecule has 20 heavy (non-hydrogen) atoms. The monoisotopic (exact) mass is 270 g/mol. The van der Waals surface area contributed by atoms with Gasteiger partial charge in [0, 0.05) is 19.5 Å². The lowest BCUT2D eigenvalue weighted by atomic mass is 9.97. The molecule has 1 heterocycles. The van der Waals surface area contributed by atoms with Gasteiger partial charge >= 0.3 is 0 Å². The predicted octanol–water partition coefficient (Wildman–Crippen LogP) is 3.33. The molecule has 0 unspecified atom stereocenters. The molecule has 1 aromatic rings. The number of carbonyl (C=O) groups is 1. The summed E-state index contributed by atoms with van der Waals surface area (Å²) >= 11 is 0. The van der Waals surface area contributed by atoms with Crippen molar-refractivity contribution < 1.29 is 4.79 Å².